The molecule has 0 aromatic heterocycles. The Morgan fingerprint density at radius 1 is 1.16 bits per heavy atom. The Morgan fingerprint density at radius 3 is 2.40 bits per heavy atom. The summed E-state index contributed by atoms with van der Waals surface area (Å²) < 4.78 is 40.3. The van der Waals surface area contributed by atoms with Crippen LogP contribution in [0.15, 0.2) is 30.3 Å². The second kappa shape index (κ2) is 8.84. The van der Waals surface area contributed by atoms with Crippen molar-refractivity contribution in [2.24, 2.45) is 5.92 Å². The van der Waals surface area contributed by atoms with Crippen molar-refractivity contribution in [2.75, 3.05) is 26.3 Å². The molecule has 5 nitrogen and oxygen atoms in total. The largest absolute Gasteiger partial charge is 0.411 e. The molecule has 1 saturated heterocycles. The van der Waals surface area contributed by atoms with Gasteiger partial charge in [0.25, 0.3) is 0 Å². The Labute approximate surface area is 144 Å². The van der Waals surface area contributed by atoms with Gasteiger partial charge in [0.05, 0.1) is 0 Å². The monoisotopic (exact) mass is 358 g/mol. The van der Waals surface area contributed by atoms with Crippen molar-refractivity contribution >= 4 is 11.8 Å². The molecule has 1 heterocycles. The van der Waals surface area contributed by atoms with E-state index in [0.29, 0.717) is 32.5 Å². The minimum absolute atomic E-state index is 0.0655. The number of carbonyl (C=O) groups excluding carboxylic acids is 2. The van der Waals surface area contributed by atoms with E-state index in [0.717, 1.165) is 5.56 Å². The van der Waals surface area contributed by atoms with E-state index in [9.17, 15) is 22.8 Å². The smallest absolute Gasteiger partial charge is 0.362 e. The Bertz CT molecular complexity index is 570. The molecule has 25 heavy (non-hydrogen) atoms. The van der Waals surface area contributed by atoms with Crippen LogP contribution in [0.5, 0.6) is 0 Å². The fourth-order valence-electron chi connectivity index (χ4n) is 2.67. The molecule has 0 saturated carbocycles. The lowest BCUT2D eigenvalue weighted by Crippen LogP contribution is -2.44. The summed E-state index contributed by atoms with van der Waals surface area (Å²) in [6.45, 7) is -0.888. The molecule has 1 aliphatic heterocycles. The van der Waals surface area contributed by atoms with Crippen LogP contribution < -0.4 is 5.32 Å². The van der Waals surface area contributed by atoms with Gasteiger partial charge in [-0.15, -0.1) is 0 Å². The standard InChI is InChI=1S/C17H21F3N2O3/c18-17(19,20)12-25-11-15(23)22-8-6-14(7-9-22)16(24)21-10-13-4-2-1-3-5-13/h1-5,14H,6-12H2,(H,21,24). The number of likely N-dealkylation sites (tertiary alicyclic amines) is 1. The van der Waals surface area contributed by atoms with Gasteiger partial charge in [0, 0.05) is 25.6 Å². The highest BCUT2D eigenvalue weighted by atomic mass is 19.4. The van der Waals surface area contributed by atoms with Gasteiger partial charge >= 0.3 is 6.18 Å². The number of carbonyl (C=O) groups is 2. The second-order valence-electron chi connectivity index (χ2n) is 5.97. The summed E-state index contributed by atoms with van der Waals surface area (Å²) in [5, 5.41) is 2.87. The van der Waals surface area contributed by atoms with Gasteiger partial charge in [0.2, 0.25) is 11.8 Å². The first kappa shape index (κ1) is 19.2. The molecule has 0 aliphatic carbocycles. The Kier molecular flexibility index (Phi) is 6.81. The van der Waals surface area contributed by atoms with E-state index in [-0.39, 0.29) is 11.8 Å². The van der Waals surface area contributed by atoms with Gasteiger partial charge in [-0.1, -0.05) is 30.3 Å². The average Bonchev–Trinajstić information content (AvgIpc) is 2.59. The molecule has 0 atom stereocenters. The summed E-state index contributed by atoms with van der Waals surface area (Å²) in [6.07, 6.45) is -3.46. The van der Waals surface area contributed by atoms with Crippen LogP contribution in [0.25, 0.3) is 0 Å². The molecule has 2 amide bonds. The normalized spacial score (nSPS) is 15.9. The van der Waals surface area contributed by atoms with Crippen molar-refractivity contribution in [2.45, 2.75) is 25.6 Å². The number of piperidine rings is 1. The van der Waals surface area contributed by atoms with Crippen LogP contribution in [-0.2, 0) is 20.9 Å². The Hall–Kier alpha value is -2.09. The van der Waals surface area contributed by atoms with Crippen LogP contribution in [0.2, 0.25) is 0 Å². The zero-order valence-electron chi connectivity index (χ0n) is 13.7. The van der Waals surface area contributed by atoms with Gasteiger partial charge in [0.1, 0.15) is 13.2 Å². The number of ether oxygens (including phenoxy) is 1. The highest BCUT2D eigenvalue weighted by Gasteiger charge is 2.30. The molecule has 0 unspecified atom stereocenters. The molecule has 1 aromatic rings. The van der Waals surface area contributed by atoms with Crippen LogP contribution in [0.3, 0.4) is 0 Å². The topological polar surface area (TPSA) is 58.6 Å². The number of hydrogen-bond acceptors (Lipinski definition) is 3. The van der Waals surface area contributed by atoms with Crippen LogP contribution >= 0.6 is 0 Å². The maximum absolute atomic E-state index is 12.2. The number of benzene rings is 1. The van der Waals surface area contributed by atoms with Crippen molar-refractivity contribution in [3.8, 4) is 0 Å². The van der Waals surface area contributed by atoms with Crippen molar-refractivity contribution < 1.29 is 27.5 Å². The zero-order valence-corrected chi connectivity index (χ0v) is 13.7. The third kappa shape index (κ3) is 6.74. The summed E-state index contributed by atoms with van der Waals surface area (Å²) in [5.74, 6) is -0.736. The zero-order chi connectivity index (χ0) is 18.3. The summed E-state index contributed by atoms with van der Waals surface area (Å²) in [4.78, 5) is 25.4. The fraction of sp³-hybridized carbons (Fsp3) is 0.529. The van der Waals surface area contributed by atoms with Gasteiger partial charge in [-0.05, 0) is 18.4 Å². The van der Waals surface area contributed by atoms with E-state index in [1.165, 1.54) is 4.90 Å². The lowest BCUT2D eigenvalue weighted by molar-refractivity contribution is -0.178. The number of nitrogens with one attached hydrogen (secondary N) is 1. The van der Waals surface area contributed by atoms with Gasteiger partial charge in [-0.25, -0.2) is 0 Å². The van der Waals surface area contributed by atoms with E-state index in [1.54, 1.807) is 0 Å². The summed E-state index contributed by atoms with van der Waals surface area (Å²) in [7, 11) is 0. The summed E-state index contributed by atoms with van der Waals surface area (Å²) in [6, 6.07) is 9.53. The summed E-state index contributed by atoms with van der Waals surface area (Å²) in [5.41, 5.74) is 1.00. The molecule has 1 aliphatic rings. The number of alkyl halides is 3. The predicted octanol–water partition coefficient (Wildman–Crippen LogP) is 2.12. The molecule has 1 fully saturated rings. The number of nitrogens with zero attached hydrogens (tertiary/aromatic N) is 1. The molecular weight excluding hydrogens is 337 g/mol. The quantitative estimate of drug-likeness (QED) is 0.848. The van der Waals surface area contributed by atoms with Gasteiger partial charge in [-0.3, -0.25) is 9.59 Å². The lowest BCUT2D eigenvalue weighted by Gasteiger charge is -2.31. The van der Waals surface area contributed by atoms with Crippen molar-refractivity contribution in [3.05, 3.63) is 35.9 Å². The number of rotatable bonds is 6. The molecule has 1 aromatic carbocycles. The van der Waals surface area contributed by atoms with Crippen LogP contribution in [-0.4, -0.2) is 49.2 Å². The van der Waals surface area contributed by atoms with E-state index in [1.807, 2.05) is 30.3 Å². The van der Waals surface area contributed by atoms with Crippen molar-refractivity contribution in [1.82, 2.24) is 10.2 Å². The van der Waals surface area contributed by atoms with Crippen molar-refractivity contribution in [3.63, 3.8) is 0 Å². The first-order chi connectivity index (χ1) is 11.8. The summed E-state index contributed by atoms with van der Waals surface area (Å²) >= 11 is 0. The van der Waals surface area contributed by atoms with Gasteiger partial charge < -0.3 is 15.0 Å². The molecule has 0 bridgehead atoms. The molecule has 138 valence electrons. The Balaban J connectivity index is 1.68. The maximum Gasteiger partial charge on any atom is 0.411 e. The van der Waals surface area contributed by atoms with Gasteiger partial charge in [-0.2, -0.15) is 13.2 Å². The first-order valence-electron chi connectivity index (χ1n) is 8.09. The van der Waals surface area contributed by atoms with E-state index in [4.69, 9.17) is 0 Å². The number of halogens is 3. The molecule has 0 radical (unpaired) electrons. The predicted molar refractivity (Wildman–Crippen MR) is 84.5 cm³/mol. The lowest BCUT2D eigenvalue weighted by atomic mass is 9.96. The Morgan fingerprint density at radius 2 is 1.80 bits per heavy atom. The minimum Gasteiger partial charge on any atom is -0.362 e. The van der Waals surface area contributed by atoms with E-state index < -0.39 is 25.3 Å². The van der Waals surface area contributed by atoms with Crippen LogP contribution in [0, 0.1) is 5.92 Å². The van der Waals surface area contributed by atoms with Gasteiger partial charge in [0.15, 0.2) is 0 Å². The van der Waals surface area contributed by atoms with Crippen molar-refractivity contribution in [1.29, 1.82) is 0 Å². The van der Waals surface area contributed by atoms with Crippen LogP contribution in [0.1, 0.15) is 18.4 Å². The third-order valence-corrected chi connectivity index (χ3v) is 4.02. The maximum atomic E-state index is 12.2. The number of amides is 2. The SMILES string of the molecule is O=C(NCc1ccccc1)C1CCN(C(=O)COCC(F)(F)F)CC1. The fourth-order valence-corrected chi connectivity index (χ4v) is 2.67. The molecule has 1 N–H and O–H groups in total. The third-order valence-electron chi connectivity index (χ3n) is 4.02. The molecule has 0 spiro atoms. The van der Waals surface area contributed by atoms with E-state index in [2.05, 4.69) is 10.1 Å². The highest BCUT2D eigenvalue weighted by Crippen LogP contribution is 2.18. The average molecular weight is 358 g/mol. The first-order valence-corrected chi connectivity index (χ1v) is 8.09. The second-order valence-corrected chi connectivity index (χ2v) is 5.97. The molecular formula is C17H21F3N2O3. The molecule has 2 rings (SSSR count). The van der Waals surface area contributed by atoms with E-state index >= 15 is 0 Å². The highest BCUT2D eigenvalue weighted by molar-refractivity contribution is 5.80. The number of hydrogen-bond donors (Lipinski definition) is 1. The molecule has 8 heteroatoms. The van der Waals surface area contributed by atoms with Crippen LogP contribution in [0.4, 0.5) is 13.2 Å². The minimum atomic E-state index is -4.44.